The summed E-state index contributed by atoms with van der Waals surface area (Å²) in [6.07, 6.45) is 2.75. The first-order valence-electron chi connectivity index (χ1n) is 4.98. The molecule has 0 atom stereocenters. The standard InChI is InChI=1S/C11H12ClFN2/c12-8-4-5-10(9(13)7-8)15-6-2-1-3-11(15)14/h4-5,7,14H,1-3,6H2. The van der Waals surface area contributed by atoms with Gasteiger partial charge in [0.2, 0.25) is 0 Å². The number of hydrogen-bond donors (Lipinski definition) is 1. The first-order valence-corrected chi connectivity index (χ1v) is 5.36. The molecule has 2 rings (SSSR count). The second kappa shape index (κ2) is 4.19. The van der Waals surface area contributed by atoms with Crippen molar-refractivity contribution in [1.82, 2.24) is 0 Å². The lowest BCUT2D eigenvalue weighted by molar-refractivity contribution is 0.617. The van der Waals surface area contributed by atoms with Gasteiger partial charge in [0.05, 0.1) is 5.69 Å². The number of anilines is 1. The van der Waals surface area contributed by atoms with Crippen LogP contribution in [0.4, 0.5) is 10.1 Å². The van der Waals surface area contributed by atoms with Crippen LogP contribution in [-0.4, -0.2) is 12.4 Å². The van der Waals surface area contributed by atoms with E-state index in [9.17, 15) is 4.39 Å². The van der Waals surface area contributed by atoms with E-state index in [-0.39, 0.29) is 5.82 Å². The first-order chi connectivity index (χ1) is 7.18. The van der Waals surface area contributed by atoms with Crippen molar-refractivity contribution in [3.05, 3.63) is 29.0 Å². The maximum absolute atomic E-state index is 13.6. The zero-order chi connectivity index (χ0) is 10.8. The number of hydrogen-bond acceptors (Lipinski definition) is 1. The van der Waals surface area contributed by atoms with Crippen molar-refractivity contribution in [3.8, 4) is 0 Å². The van der Waals surface area contributed by atoms with Gasteiger partial charge in [-0.15, -0.1) is 0 Å². The van der Waals surface area contributed by atoms with E-state index in [1.807, 2.05) is 0 Å². The molecule has 0 aliphatic carbocycles. The molecule has 1 saturated heterocycles. The van der Waals surface area contributed by atoms with E-state index in [1.165, 1.54) is 6.07 Å². The predicted octanol–water partition coefficient (Wildman–Crippen LogP) is 3.45. The first kappa shape index (κ1) is 10.4. The maximum Gasteiger partial charge on any atom is 0.148 e. The molecule has 0 bridgehead atoms. The molecule has 1 fully saturated rings. The molecule has 0 unspecified atom stereocenters. The number of amidine groups is 1. The number of benzene rings is 1. The van der Waals surface area contributed by atoms with Crippen LogP contribution in [0.1, 0.15) is 19.3 Å². The normalized spacial score (nSPS) is 16.9. The lowest BCUT2D eigenvalue weighted by Gasteiger charge is -2.29. The molecule has 0 saturated carbocycles. The minimum absolute atomic E-state index is 0.353. The highest BCUT2D eigenvalue weighted by molar-refractivity contribution is 6.30. The topological polar surface area (TPSA) is 27.1 Å². The third-order valence-electron chi connectivity index (χ3n) is 2.57. The molecule has 1 N–H and O–H groups in total. The van der Waals surface area contributed by atoms with Crippen LogP contribution in [0.5, 0.6) is 0 Å². The van der Waals surface area contributed by atoms with Crippen molar-refractivity contribution in [2.75, 3.05) is 11.4 Å². The van der Waals surface area contributed by atoms with E-state index in [0.29, 0.717) is 16.5 Å². The highest BCUT2D eigenvalue weighted by atomic mass is 35.5. The van der Waals surface area contributed by atoms with Crippen molar-refractivity contribution in [1.29, 1.82) is 5.41 Å². The van der Waals surface area contributed by atoms with Gasteiger partial charge in [0, 0.05) is 18.0 Å². The lowest BCUT2D eigenvalue weighted by atomic mass is 10.1. The Balaban J connectivity index is 2.31. The van der Waals surface area contributed by atoms with E-state index in [0.717, 1.165) is 25.8 Å². The molecule has 1 heterocycles. The number of nitrogens with one attached hydrogen (secondary N) is 1. The molecule has 0 radical (unpaired) electrons. The van der Waals surface area contributed by atoms with E-state index in [2.05, 4.69) is 0 Å². The molecule has 4 heteroatoms. The summed E-state index contributed by atoms with van der Waals surface area (Å²) in [6.45, 7) is 0.720. The fourth-order valence-corrected chi connectivity index (χ4v) is 1.96. The van der Waals surface area contributed by atoms with Gasteiger partial charge in [-0.3, -0.25) is 5.41 Å². The van der Waals surface area contributed by atoms with Gasteiger partial charge in [-0.2, -0.15) is 0 Å². The smallest absolute Gasteiger partial charge is 0.148 e. The molecular weight excluding hydrogens is 215 g/mol. The molecule has 0 spiro atoms. The number of rotatable bonds is 1. The van der Waals surface area contributed by atoms with Crippen molar-refractivity contribution in [2.45, 2.75) is 19.3 Å². The van der Waals surface area contributed by atoms with E-state index >= 15 is 0 Å². The van der Waals surface area contributed by atoms with Gasteiger partial charge in [0.15, 0.2) is 0 Å². The second-order valence-corrected chi connectivity index (χ2v) is 4.09. The van der Waals surface area contributed by atoms with Crippen LogP contribution < -0.4 is 4.90 Å². The average Bonchev–Trinajstić information content (AvgIpc) is 2.20. The van der Waals surface area contributed by atoms with Crippen LogP contribution in [0.3, 0.4) is 0 Å². The van der Waals surface area contributed by atoms with Gasteiger partial charge < -0.3 is 4.90 Å². The molecule has 80 valence electrons. The summed E-state index contributed by atoms with van der Waals surface area (Å²) in [4.78, 5) is 1.72. The van der Waals surface area contributed by atoms with Crippen molar-refractivity contribution in [3.63, 3.8) is 0 Å². The fraction of sp³-hybridized carbons (Fsp3) is 0.364. The molecule has 1 aliphatic heterocycles. The van der Waals surface area contributed by atoms with Crippen LogP contribution in [0.2, 0.25) is 5.02 Å². The molecule has 1 aliphatic rings. The van der Waals surface area contributed by atoms with Crippen LogP contribution in [0, 0.1) is 11.2 Å². The quantitative estimate of drug-likeness (QED) is 0.780. The fourth-order valence-electron chi connectivity index (χ4n) is 1.80. The summed E-state index contributed by atoms with van der Waals surface area (Å²) >= 11 is 5.68. The number of nitrogens with zero attached hydrogens (tertiary/aromatic N) is 1. The van der Waals surface area contributed by atoms with Crippen molar-refractivity contribution in [2.24, 2.45) is 0 Å². The minimum atomic E-state index is -0.353. The summed E-state index contributed by atoms with van der Waals surface area (Å²) in [5, 5.41) is 8.15. The molecule has 1 aromatic rings. The zero-order valence-electron chi connectivity index (χ0n) is 8.26. The average molecular weight is 227 g/mol. The monoisotopic (exact) mass is 226 g/mol. The van der Waals surface area contributed by atoms with Crippen LogP contribution in [-0.2, 0) is 0 Å². The predicted molar refractivity (Wildman–Crippen MR) is 60.3 cm³/mol. The Morgan fingerprint density at radius 1 is 1.33 bits per heavy atom. The Bertz CT molecular complexity index is 392. The SMILES string of the molecule is N=C1CCCCN1c1ccc(Cl)cc1F. The van der Waals surface area contributed by atoms with Gasteiger partial charge in [0.25, 0.3) is 0 Å². The Labute approximate surface area is 93.2 Å². The molecule has 0 amide bonds. The third kappa shape index (κ3) is 2.12. The molecule has 0 aromatic heterocycles. The summed E-state index contributed by atoms with van der Waals surface area (Å²) in [5.41, 5.74) is 0.462. The number of halogens is 2. The maximum atomic E-state index is 13.6. The van der Waals surface area contributed by atoms with Crippen LogP contribution in [0.25, 0.3) is 0 Å². The third-order valence-corrected chi connectivity index (χ3v) is 2.81. The molecule has 1 aromatic carbocycles. The van der Waals surface area contributed by atoms with Crippen molar-refractivity contribution >= 4 is 23.1 Å². The largest absolute Gasteiger partial charge is 0.328 e. The summed E-state index contributed by atoms with van der Waals surface area (Å²) < 4.78 is 13.6. The van der Waals surface area contributed by atoms with Crippen LogP contribution in [0.15, 0.2) is 18.2 Å². The Kier molecular flexibility index (Phi) is 2.91. The summed E-state index contributed by atoms with van der Waals surface area (Å²) in [5.74, 6) is 0.136. The van der Waals surface area contributed by atoms with E-state index in [1.54, 1.807) is 17.0 Å². The molecular formula is C11H12ClFN2. The van der Waals surface area contributed by atoms with Gasteiger partial charge >= 0.3 is 0 Å². The lowest BCUT2D eigenvalue weighted by Crippen LogP contribution is -2.35. The van der Waals surface area contributed by atoms with E-state index in [4.69, 9.17) is 17.0 Å². The highest BCUT2D eigenvalue weighted by Crippen LogP contribution is 2.26. The summed E-state index contributed by atoms with van der Waals surface area (Å²) in [7, 11) is 0. The second-order valence-electron chi connectivity index (χ2n) is 3.65. The van der Waals surface area contributed by atoms with E-state index < -0.39 is 0 Å². The van der Waals surface area contributed by atoms with Crippen molar-refractivity contribution < 1.29 is 4.39 Å². The zero-order valence-corrected chi connectivity index (χ0v) is 9.02. The Hall–Kier alpha value is -1.09. The Morgan fingerprint density at radius 3 is 2.80 bits per heavy atom. The highest BCUT2D eigenvalue weighted by Gasteiger charge is 2.19. The van der Waals surface area contributed by atoms with Gasteiger partial charge in [-0.25, -0.2) is 4.39 Å². The molecule has 15 heavy (non-hydrogen) atoms. The van der Waals surface area contributed by atoms with Gasteiger partial charge in [0.1, 0.15) is 11.7 Å². The number of piperidine rings is 1. The minimum Gasteiger partial charge on any atom is -0.328 e. The van der Waals surface area contributed by atoms with Gasteiger partial charge in [-0.1, -0.05) is 11.6 Å². The Morgan fingerprint density at radius 2 is 2.13 bits per heavy atom. The summed E-state index contributed by atoms with van der Waals surface area (Å²) in [6, 6.07) is 4.58. The molecule has 2 nitrogen and oxygen atoms in total. The van der Waals surface area contributed by atoms with Gasteiger partial charge in [-0.05, 0) is 31.0 Å². The van der Waals surface area contributed by atoms with Crippen LogP contribution >= 0.6 is 11.6 Å².